The third kappa shape index (κ3) is 2.22. The largest absolute Gasteiger partial charge is 0.320 e. The summed E-state index contributed by atoms with van der Waals surface area (Å²) in [7, 11) is 0. The highest BCUT2D eigenvalue weighted by atomic mass is 19.1. The fraction of sp³-hybridized carbons (Fsp3) is 0.143. The van der Waals surface area contributed by atoms with Crippen molar-refractivity contribution in [1.82, 2.24) is 4.57 Å². The molecule has 0 N–H and O–H groups in total. The first-order valence-corrected chi connectivity index (χ1v) is 5.49. The van der Waals surface area contributed by atoms with Crippen molar-refractivity contribution in [2.24, 2.45) is 0 Å². The van der Waals surface area contributed by atoms with Crippen molar-refractivity contribution in [3.8, 4) is 5.69 Å². The quantitative estimate of drug-likeness (QED) is 0.762. The van der Waals surface area contributed by atoms with Gasteiger partial charge in [0.1, 0.15) is 5.82 Å². The number of carbonyl (C=O) groups is 1. The van der Waals surface area contributed by atoms with E-state index in [1.54, 1.807) is 23.6 Å². The highest BCUT2D eigenvalue weighted by molar-refractivity contribution is 5.93. The summed E-state index contributed by atoms with van der Waals surface area (Å²) in [6.45, 7) is 3.11. The van der Waals surface area contributed by atoms with Gasteiger partial charge in [-0.25, -0.2) is 4.39 Å². The van der Waals surface area contributed by atoms with Gasteiger partial charge in [0.2, 0.25) is 0 Å². The first-order valence-electron chi connectivity index (χ1n) is 5.49. The molecule has 0 aliphatic carbocycles. The summed E-state index contributed by atoms with van der Waals surface area (Å²) in [4.78, 5) is 23.0. The lowest BCUT2D eigenvalue weighted by Gasteiger charge is -2.11. The van der Waals surface area contributed by atoms with Gasteiger partial charge < -0.3 is 4.57 Å². The molecule has 0 aliphatic heterocycles. The van der Waals surface area contributed by atoms with E-state index in [2.05, 4.69) is 0 Å². The summed E-state index contributed by atoms with van der Waals surface area (Å²) in [5, 5.41) is 0. The Morgan fingerprint density at radius 1 is 1.22 bits per heavy atom. The Morgan fingerprint density at radius 3 is 2.39 bits per heavy atom. The highest BCUT2D eigenvalue weighted by Gasteiger charge is 2.09. The Morgan fingerprint density at radius 2 is 1.83 bits per heavy atom. The van der Waals surface area contributed by atoms with Crippen molar-refractivity contribution in [3.05, 3.63) is 63.8 Å². The molecule has 0 amide bonds. The molecule has 0 unspecified atom stereocenters. The maximum atomic E-state index is 12.9. The van der Waals surface area contributed by atoms with Gasteiger partial charge in [0.15, 0.2) is 11.2 Å². The van der Waals surface area contributed by atoms with Crippen LogP contribution in [-0.4, -0.2) is 10.4 Å². The van der Waals surface area contributed by atoms with Gasteiger partial charge >= 0.3 is 0 Å². The molecular formula is C14H12FNO2. The number of hydrogen-bond acceptors (Lipinski definition) is 2. The van der Waals surface area contributed by atoms with Crippen LogP contribution < -0.4 is 5.43 Å². The molecule has 0 aliphatic rings. The molecule has 0 saturated heterocycles. The van der Waals surface area contributed by atoms with Gasteiger partial charge in [-0.05, 0) is 38.1 Å². The summed E-state index contributed by atoms with van der Waals surface area (Å²) in [6, 6.07) is 7.26. The lowest BCUT2D eigenvalue weighted by molar-refractivity contribution is 0.101. The number of aryl methyl sites for hydroxylation is 1. The summed E-state index contributed by atoms with van der Waals surface area (Å²) < 4.78 is 14.6. The molecular weight excluding hydrogens is 233 g/mol. The number of Topliss-reactive ketones (excluding diaryl/α,β-unsaturated/α-hetero) is 1. The van der Waals surface area contributed by atoms with Crippen LogP contribution in [0.3, 0.4) is 0 Å². The van der Waals surface area contributed by atoms with Gasteiger partial charge in [0.25, 0.3) is 0 Å². The molecule has 1 aromatic carbocycles. The number of carbonyl (C=O) groups excluding carboxylic acids is 1. The number of hydrogen-bond donors (Lipinski definition) is 0. The molecule has 92 valence electrons. The van der Waals surface area contributed by atoms with Crippen molar-refractivity contribution in [1.29, 1.82) is 0 Å². The maximum Gasteiger partial charge on any atom is 0.192 e. The van der Waals surface area contributed by atoms with E-state index in [9.17, 15) is 14.0 Å². The van der Waals surface area contributed by atoms with Crippen LogP contribution in [0, 0.1) is 12.7 Å². The smallest absolute Gasteiger partial charge is 0.192 e. The van der Waals surface area contributed by atoms with Crippen LogP contribution >= 0.6 is 0 Å². The first kappa shape index (κ1) is 12.2. The van der Waals surface area contributed by atoms with Gasteiger partial charge in [0.05, 0.1) is 5.56 Å². The van der Waals surface area contributed by atoms with Crippen molar-refractivity contribution in [3.63, 3.8) is 0 Å². The Hall–Kier alpha value is -2.23. The summed E-state index contributed by atoms with van der Waals surface area (Å²) in [5.41, 5.74) is 1.23. The van der Waals surface area contributed by atoms with Crippen LogP contribution in [0.5, 0.6) is 0 Å². The summed E-state index contributed by atoms with van der Waals surface area (Å²) in [5.74, 6) is -0.611. The zero-order valence-electron chi connectivity index (χ0n) is 10.1. The maximum absolute atomic E-state index is 12.9. The normalized spacial score (nSPS) is 10.4. The molecule has 4 heteroatoms. The van der Waals surface area contributed by atoms with Crippen LogP contribution in [0.4, 0.5) is 4.39 Å². The average molecular weight is 245 g/mol. The van der Waals surface area contributed by atoms with Crippen molar-refractivity contribution < 1.29 is 9.18 Å². The molecule has 0 radical (unpaired) electrons. The third-order valence-electron chi connectivity index (χ3n) is 2.73. The molecule has 18 heavy (non-hydrogen) atoms. The van der Waals surface area contributed by atoms with Crippen LogP contribution in [0.2, 0.25) is 0 Å². The van der Waals surface area contributed by atoms with E-state index in [0.717, 1.165) is 0 Å². The predicted octanol–water partition coefficient (Wildman–Crippen LogP) is 2.49. The van der Waals surface area contributed by atoms with E-state index in [4.69, 9.17) is 0 Å². The fourth-order valence-electron chi connectivity index (χ4n) is 1.78. The minimum atomic E-state index is -0.329. The second-order valence-electron chi connectivity index (χ2n) is 4.10. The Labute approximate surface area is 104 Å². The van der Waals surface area contributed by atoms with Gasteiger partial charge in [-0.3, -0.25) is 9.59 Å². The lowest BCUT2D eigenvalue weighted by Crippen LogP contribution is -2.16. The first-order chi connectivity index (χ1) is 8.49. The molecule has 1 heterocycles. The highest BCUT2D eigenvalue weighted by Crippen LogP contribution is 2.12. The Kier molecular flexibility index (Phi) is 3.10. The van der Waals surface area contributed by atoms with Gasteiger partial charge in [-0.15, -0.1) is 0 Å². The number of ketones is 1. The molecule has 2 aromatic rings. The van der Waals surface area contributed by atoms with Crippen molar-refractivity contribution >= 4 is 5.78 Å². The zero-order chi connectivity index (χ0) is 13.3. The number of aromatic nitrogens is 1. The van der Waals surface area contributed by atoms with Crippen LogP contribution in [-0.2, 0) is 0 Å². The predicted molar refractivity (Wildman–Crippen MR) is 66.7 cm³/mol. The molecule has 0 saturated carbocycles. The van der Waals surface area contributed by atoms with E-state index in [0.29, 0.717) is 11.4 Å². The number of halogens is 1. The number of pyridine rings is 1. The fourth-order valence-corrected chi connectivity index (χ4v) is 1.78. The molecule has 0 bridgehead atoms. The second kappa shape index (κ2) is 4.56. The molecule has 1 aromatic heterocycles. The van der Waals surface area contributed by atoms with Gasteiger partial charge in [-0.2, -0.15) is 0 Å². The standard InChI is InChI=1S/C14H12FNO2/c1-9-7-14(18)13(10(2)17)8-16(9)12-5-3-11(15)4-6-12/h3-8H,1-2H3. The topological polar surface area (TPSA) is 39.1 Å². The number of nitrogens with zero attached hydrogens (tertiary/aromatic N) is 1. The summed E-state index contributed by atoms with van der Waals surface area (Å²) >= 11 is 0. The Bertz CT molecular complexity index is 656. The third-order valence-corrected chi connectivity index (χ3v) is 2.73. The van der Waals surface area contributed by atoms with E-state index < -0.39 is 0 Å². The lowest BCUT2D eigenvalue weighted by atomic mass is 10.1. The minimum absolute atomic E-state index is 0.130. The van der Waals surface area contributed by atoms with Gasteiger partial charge in [-0.1, -0.05) is 0 Å². The SMILES string of the molecule is CC(=O)c1cn(-c2ccc(F)cc2)c(C)cc1=O. The minimum Gasteiger partial charge on any atom is -0.320 e. The van der Waals surface area contributed by atoms with E-state index >= 15 is 0 Å². The molecule has 2 rings (SSSR count). The summed E-state index contributed by atoms with van der Waals surface area (Å²) in [6.07, 6.45) is 1.49. The molecule has 0 spiro atoms. The number of rotatable bonds is 2. The van der Waals surface area contributed by atoms with E-state index in [1.165, 1.54) is 31.3 Å². The monoisotopic (exact) mass is 245 g/mol. The second-order valence-corrected chi connectivity index (χ2v) is 4.10. The molecule has 0 fully saturated rings. The molecule has 0 atom stereocenters. The van der Waals surface area contributed by atoms with Crippen LogP contribution in [0.25, 0.3) is 5.69 Å². The van der Waals surface area contributed by atoms with Crippen LogP contribution in [0.15, 0.2) is 41.3 Å². The van der Waals surface area contributed by atoms with E-state index in [-0.39, 0.29) is 22.6 Å². The molecule has 3 nitrogen and oxygen atoms in total. The van der Waals surface area contributed by atoms with E-state index in [1.807, 2.05) is 0 Å². The van der Waals surface area contributed by atoms with Crippen LogP contribution in [0.1, 0.15) is 23.0 Å². The number of benzene rings is 1. The Balaban J connectivity index is 2.64. The average Bonchev–Trinajstić information content (AvgIpc) is 2.30. The zero-order valence-corrected chi connectivity index (χ0v) is 10.1. The van der Waals surface area contributed by atoms with Crippen molar-refractivity contribution in [2.45, 2.75) is 13.8 Å². The van der Waals surface area contributed by atoms with Crippen molar-refractivity contribution in [2.75, 3.05) is 0 Å². The van der Waals surface area contributed by atoms with Gasteiger partial charge in [0, 0.05) is 23.6 Å².